The summed E-state index contributed by atoms with van der Waals surface area (Å²) in [5.41, 5.74) is 7.84. The van der Waals surface area contributed by atoms with E-state index in [1.807, 2.05) is 0 Å². The molecule has 3 rings (SSSR count). The number of benzene rings is 1. The number of imidazole rings is 1. The minimum absolute atomic E-state index is 0.134. The molecule has 1 aliphatic rings. The molecule has 1 heterocycles. The van der Waals surface area contributed by atoms with Crippen LogP contribution < -0.4 is 5.73 Å². The molecule has 1 aromatic carbocycles. The summed E-state index contributed by atoms with van der Waals surface area (Å²) in [5, 5.41) is 0. The lowest BCUT2D eigenvalue weighted by atomic mass is 9.80. The van der Waals surface area contributed by atoms with E-state index in [-0.39, 0.29) is 11.4 Å². The highest BCUT2D eigenvalue weighted by Gasteiger charge is 2.28. The highest BCUT2D eigenvalue weighted by atomic mass is 19.1. The average molecular weight is 247 g/mol. The molecule has 0 saturated heterocycles. The van der Waals surface area contributed by atoms with E-state index < -0.39 is 0 Å². The largest absolute Gasteiger partial charge is 0.342 e. The summed E-state index contributed by atoms with van der Waals surface area (Å²) < 4.78 is 13.1. The van der Waals surface area contributed by atoms with Crippen molar-refractivity contribution in [3.8, 4) is 0 Å². The van der Waals surface area contributed by atoms with Crippen LogP contribution in [0, 0.1) is 5.82 Å². The van der Waals surface area contributed by atoms with Crippen LogP contribution in [-0.2, 0) is 6.42 Å². The molecule has 0 radical (unpaired) electrons. The van der Waals surface area contributed by atoms with Gasteiger partial charge in [-0.2, -0.15) is 0 Å². The van der Waals surface area contributed by atoms with Gasteiger partial charge in [-0.25, -0.2) is 9.37 Å². The van der Waals surface area contributed by atoms with Gasteiger partial charge < -0.3 is 10.7 Å². The number of H-pyrrole nitrogens is 1. The molecule has 1 aromatic heterocycles. The van der Waals surface area contributed by atoms with Crippen LogP contribution in [0.2, 0.25) is 0 Å². The molecule has 0 amide bonds. The molecule has 96 valence electrons. The maximum absolute atomic E-state index is 13.1. The van der Waals surface area contributed by atoms with Crippen molar-refractivity contribution < 1.29 is 4.39 Å². The lowest BCUT2D eigenvalue weighted by molar-refractivity contribution is 0.290. The van der Waals surface area contributed by atoms with Gasteiger partial charge in [0.2, 0.25) is 0 Å². The van der Waals surface area contributed by atoms with E-state index in [4.69, 9.17) is 5.73 Å². The maximum Gasteiger partial charge on any atom is 0.125 e. The number of aromatic amines is 1. The Morgan fingerprint density at radius 2 is 2.06 bits per heavy atom. The van der Waals surface area contributed by atoms with E-state index >= 15 is 0 Å². The van der Waals surface area contributed by atoms with Gasteiger partial charge in [-0.1, -0.05) is 19.3 Å². The van der Waals surface area contributed by atoms with Gasteiger partial charge in [0.1, 0.15) is 11.6 Å². The van der Waals surface area contributed by atoms with Gasteiger partial charge in [0, 0.05) is 12.0 Å². The standard InChI is InChI=1S/C14H18FN3/c15-10-4-5-11-12(8-10)18-13(17-11)9-14(16)6-2-1-3-7-14/h4-5,8H,1-3,6-7,9,16H2,(H,17,18). The van der Waals surface area contributed by atoms with E-state index in [2.05, 4.69) is 9.97 Å². The molecule has 3 nitrogen and oxygen atoms in total. The van der Waals surface area contributed by atoms with Crippen LogP contribution in [0.3, 0.4) is 0 Å². The summed E-state index contributed by atoms with van der Waals surface area (Å²) in [6.07, 6.45) is 6.54. The molecule has 2 aromatic rings. The van der Waals surface area contributed by atoms with Crippen molar-refractivity contribution in [2.24, 2.45) is 5.73 Å². The number of nitrogens with one attached hydrogen (secondary N) is 1. The van der Waals surface area contributed by atoms with Crippen molar-refractivity contribution in [1.82, 2.24) is 9.97 Å². The van der Waals surface area contributed by atoms with Crippen molar-refractivity contribution in [2.75, 3.05) is 0 Å². The first-order valence-electron chi connectivity index (χ1n) is 6.58. The minimum atomic E-state index is -0.238. The molecule has 18 heavy (non-hydrogen) atoms. The zero-order chi connectivity index (χ0) is 12.6. The predicted molar refractivity (Wildman–Crippen MR) is 69.8 cm³/mol. The Kier molecular flexibility index (Phi) is 2.82. The lowest BCUT2D eigenvalue weighted by Crippen LogP contribution is -2.44. The maximum atomic E-state index is 13.1. The normalized spacial score (nSPS) is 19.2. The molecule has 0 unspecified atom stereocenters. The number of fused-ring (bicyclic) bond motifs is 1. The Morgan fingerprint density at radius 1 is 1.28 bits per heavy atom. The first-order chi connectivity index (χ1) is 8.65. The zero-order valence-electron chi connectivity index (χ0n) is 10.4. The Morgan fingerprint density at radius 3 is 2.83 bits per heavy atom. The lowest BCUT2D eigenvalue weighted by Gasteiger charge is -2.32. The molecule has 1 aliphatic carbocycles. The Labute approximate surface area is 106 Å². The number of hydrogen-bond donors (Lipinski definition) is 2. The van der Waals surface area contributed by atoms with Gasteiger partial charge in [-0.15, -0.1) is 0 Å². The number of nitrogens with two attached hydrogens (primary N) is 1. The van der Waals surface area contributed by atoms with Crippen LogP contribution in [0.25, 0.3) is 11.0 Å². The van der Waals surface area contributed by atoms with Gasteiger partial charge in [-0.05, 0) is 31.0 Å². The number of rotatable bonds is 2. The van der Waals surface area contributed by atoms with Gasteiger partial charge in [-0.3, -0.25) is 0 Å². The fourth-order valence-corrected chi connectivity index (χ4v) is 2.88. The second-order valence-electron chi connectivity index (χ2n) is 5.44. The zero-order valence-corrected chi connectivity index (χ0v) is 10.4. The molecule has 0 atom stereocenters. The third-order valence-corrected chi connectivity index (χ3v) is 3.86. The third kappa shape index (κ3) is 2.25. The molecule has 0 bridgehead atoms. The van der Waals surface area contributed by atoms with Crippen LogP contribution in [0.4, 0.5) is 4.39 Å². The van der Waals surface area contributed by atoms with Crippen LogP contribution >= 0.6 is 0 Å². The number of aromatic nitrogens is 2. The summed E-state index contributed by atoms with van der Waals surface area (Å²) in [5.74, 6) is 0.637. The quantitative estimate of drug-likeness (QED) is 0.857. The average Bonchev–Trinajstić information content (AvgIpc) is 2.70. The van der Waals surface area contributed by atoms with Gasteiger partial charge in [0.05, 0.1) is 11.0 Å². The second-order valence-corrected chi connectivity index (χ2v) is 5.44. The molecule has 1 saturated carbocycles. The molecule has 0 spiro atoms. The van der Waals surface area contributed by atoms with Crippen LogP contribution in [0.15, 0.2) is 18.2 Å². The highest BCUT2D eigenvalue weighted by Crippen LogP contribution is 2.29. The van der Waals surface area contributed by atoms with Crippen LogP contribution in [0.1, 0.15) is 37.9 Å². The van der Waals surface area contributed by atoms with Crippen molar-refractivity contribution >= 4 is 11.0 Å². The van der Waals surface area contributed by atoms with Gasteiger partial charge in [0.15, 0.2) is 0 Å². The topological polar surface area (TPSA) is 54.7 Å². The Hall–Kier alpha value is -1.42. The van der Waals surface area contributed by atoms with Gasteiger partial charge >= 0.3 is 0 Å². The molecular formula is C14H18FN3. The van der Waals surface area contributed by atoms with Crippen molar-refractivity contribution in [2.45, 2.75) is 44.1 Å². The van der Waals surface area contributed by atoms with Crippen molar-refractivity contribution in [3.63, 3.8) is 0 Å². The van der Waals surface area contributed by atoms with Crippen LogP contribution in [-0.4, -0.2) is 15.5 Å². The Bertz CT molecular complexity index is 555. The van der Waals surface area contributed by atoms with E-state index in [1.165, 1.54) is 31.4 Å². The smallest absolute Gasteiger partial charge is 0.125 e. The predicted octanol–water partition coefficient (Wildman–Crippen LogP) is 2.91. The van der Waals surface area contributed by atoms with Crippen LogP contribution in [0.5, 0.6) is 0 Å². The highest BCUT2D eigenvalue weighted by molar-refractivity contribution is 5.74. The number of hydrogen-bond acceptors (Lipinski definition) is 2. The summed E-state index contributed by atoms with van der Waals surface area (Å²) in [6, 6.07) is 4.62. The van der Waals surface area contributed by atoms with E-state index in [1.54, 1.807) is 6.07 Å². The Balaban J connectivity index is 1.86. The van der Waals surface area contributed by atoms with E-state index in [9.17, 15) is 4.39 Å². The minimum Gasteiger partial charge on any atom is -0.342 e. The van der Waals surface area contributed by atoms with Crippen molar-refractivity contribution in [1.29, 1.82) is 0 Å². The van der Waals surface area contributed by atoms with E-state index in [0.29, 0.717) is 0 Å². The third-order valence-electron chi connectivity index (χ3n) is 3.86. The summed E-state index contributed by atoms with van der Waals surface area (Å²) in [6.45, 7) is 0. The molecule has 3 N–H and O–H groups in total. The molecular weight excluding hydrogens is 229 g/mol. The summed E-state index contributed by atoms with van der Waals surface area (Å²) in [4.78, 5) is 7.67. The fourth-order valence-electron chi connectivity index (χ4n) is 2.88. The summed E-state index contributed by atoms with van der Waals surface area (Å²) in [7, 11) is 0. The molecule has 4 heteroatoms. The summed E-state index contributed by atoms with van der Waals surface area (Å²) >= 11 is 0. The SMILES string of the molecule is NC1(Cc2nc3ccc(F)cc3[nH]2)CCCCC1. The number of halogens is 1. The van der Waals surface area contributed by atoms with E-state index in [0.717, 1.165) is 36.1 Å². The van der Waals surface area contributed by atoms with Crippen molar-refractivity contribution in [3.05, 3.63) is 29.8 Å². The second kappa shape index (κ2) is 4.35. The first-order valence-corrected chi connectivity index (χ1v) is 6.58. The fraction of sp³-hybridized carbons (Fsp3) is 0.500. The molecule has 1 fully saturated rings. The first kappa shape index (κ1) is 11.7. The monoisotopic (exact) mass is 247 g/mol. The molecule has 0 aliphatic heterocycles. The number of nitrogens with zero attached hydrogens (tertiary/aromatic N) is 1. The van der Waals surface area contributed by atoms with Gasteiger partial charge in [0.25, 0.3) is 0 Å².